The van der Waals surface area contributed by atoms with Crippen LogP contribution in [0.25, 0.3) is 0 Å². The summed E-state index contributed by atoms with van der Waals surface area (Å²) in [4.78, 5) is 0. The lowest BCUT2D eigenvalue weighted by Gasteiger charge is -2.32. The van der Waals surface area contributed by atoms with E-state index in [-0.39, 0.29) is 12.2 Å². The molecule has 0 aromatic rings. The van der Waals surface area contributed by atoms with Crippen molar-refractivity contribution in [3.8, 4) is 0 Å². The van der Waals surface area contributed by atoms with Crippen LogP contribution in [0.4, 0.5) is 0 Å². The Morgan fingerprint density at radius 2 is 2.40 bits per heavy atom. The van der Waals surface area contributed by atoms with Crippen LogP contribution in [0.5, 0.6) is 0 Å². The standard InChI is InChI=1S/C7H14N2O/c1-3-7-5-9(8)4-6(2)10-7/h3,6-7H,1,4-5,8H2,2H3/t6-,7+/m1/s1. The lowest BCUT2D eigenvalue weighted by Crippen LogP contribution is -2.49. The third kappa shape index (κ3) is 1.80. The Labute approximate surface area is 61.4 Å². The summed E-state index contributed by atoms with van der Waals surface area (Å²) in [7, 11) is 0. The van der Waals surface area contributed by atoms with E-state index in [4.69, 9.17) is 10.6 Å². The lowest BCUT2D eigenvalue weighted by atomic mass is 10.2. The topological polar surface area (TPSA) is 38.5 Å². The lowest BCUT2D eigenvalue weighted by molar-refractivity contribution is -0.0552. The highest BCUT2D eigenvalue weighted by Crippen LogP contribution is 2.07. The molecule has 1 saturated heterocycles. The number of rotatable bonds is 1. The summed E-state index contributed by atoms with van der Waals surface area (Å²) in [5.74, 6) is 5.60. The van der Waals surface area contributed by atoms with Crippen molar-refractivity contribution in [2.45, 2.75) is 19.1 Å². The largest absolute Gasteiger partial charge is 0.368 e. The fourth-order valence-corrected chi connectivity index (χ4v) is 1.15. The van der Waals surface area contributed by atoms with Gasteiger partial charge in [0.15, 0.2) is 0 Å². The van der Waals surface area contributed by atoms with Crippen molar-refractivity contribution in [3.63, 3.8) is 0 Å². The van der Waals surface area contributed by atoms with Crippen molar-refractivity contribution in [2.24, 2.45) is 5.84 Å². The summed E-state index contributed by atoms with van der Waals surface area (Å²) in [5.41, 5.74) is 0. The molecule has 1 rings (SSSR count). The van der Waals surface area contributed by atoms with Gasteiger partial charge < -0.3 is 4.74 Å². The van der Waals surface area contributed by atoms with E-state index in [1.807, 2.05) is 6.92 Å². The average molecular weight is 142 g/mol. The number of ether oxygens (including phenoxy) is 1. The molecule has 0 aromatic carbocycles. The minimum Gasteiger partial charge on any atom is -0.368 e. The molecule has 3 heteroatoms. The molecule has 1 aliphatic rings. The quantitative estimate of drug-likeness (QED) is 0.418. The SMILES string of the molecule is C=C[C@H]1CN(N)C[C@@H](C)O1. The summed E-state index contributed by atoms with van der Waals surface area (Å²) in [5, 5.41) is 1.76. The van der Waals surface area contributed by atoms with Crippen molar-refractivity contribution >= 4 is 0 Å². The molecule has 1 heterocycles. The fourth-order valence-electron chi connectivity index (χ4n) is 1.15. The molecule has 0 radical (unpaired) electrons. The highest BCUT2D eigenvalue weighted by molar-refractivity contribution is 4.85. The second-order valence-electron chi connectivity index (χ2n) is 2.67. The predicted octanol–water partition coefficient (Wildman–Crippen LogP) is 0.135. The van der Waals surface area contributed by atoms with E-state index in [1.165, 1.54) is 0 Å². The van der Waals surface area contributed by atoms with Crippen molar-refractivity contribution < 1.29 is 4.74 Å². The zero-order chi connectivity index (χ0) is 7.56. The Kier molecular flexibility index (Phi) is 2.43. The van der Waals surface area contributed by atoms with E-state index in [9.17, 15) is 0 Å². The van der Waals surface area contributed by atoms with E-state index in [0.29, 0.717) is 0 Å². The van der Waals surface area contributed by atoms with Crippen LogP contribution in [0, 0.1) is 0 Å². The smallest absolute Gasteiger partial charge is 0.0898 e. The van der Waals surface area contributed by atoms with Crippen LogP contribution in [0.15, 0.2) is 12.7 Å². The van der Waals surface area contributed by atoms with Gasteiger partial charge in [-0.1, -0.05) is 6.08 Å². The molecule has 1 fully saturated rings. The third-order valence-electron chi connectivity index (χ3n) is 1.58. The Morgan fingerprint density at radius 1 is 1.70 bits per heavy atom. The minimum atomic E-state index is 0.105. The molecule has 0 bridgehead atoms. The number of nitrogens with zero attached hydrogens (tertiary/aromatic N) is 1. The van der Waals surface area contributed by atoms with Crippen molar-refractivity contribution in [2.75, 3.05) is 13.1 Å². The molecule has 10 heavy (non-hydrogen) atoms. The summed E-state index contributed by atoms with van der Waals surface area (Å²) in [6.45, 7) is 7.22. The maximum atomic E-state index is 5.60. The molecule has 0 spiro atoms. The Bertz CT molecular complexity index is 117. The first-order chi connectivity index (χ1) is 4.72. The van der Waals surface area contributed by atoms with Gasteiger partial charge in [-0.15, -0.1) is 6.58 Å². The average Bonchev–Trinajstić information content (AvgIpc) is 1.85. The van der Waals surface area contributed by atoms with Gasteiger partial charge in [-0.05, 0) is 6.92 Å². The van der Waals surface area contributed by atoms with Crippen LogP contribution in [-0.4, -0.2) is 30.3 Å². The number of hydrogen-bond donors (Lipinski definition) is 1. The second-order valence-corrected chi connectivity index (χ2v) is 2.67. The van der Waals surface area contributed by atoms with Crippen molar-refractivity contribution in [3.05, 3.63) is 12.7 Å². The highest BCUT2D eigenvalue weighted by atomic mass is 16.5. The monoisotopic (exact) mass is 142 g/mol. The van der Waals surface area contributed by atoms with Crippen molar-refractivity contribution in [1.82, 2.24) is 5.01 Å². The molecule has 58 valence electrons. The van der Waals surface area contributed by atoms with Gasteiger partial charge >= 0.3 is 0 Å². The molecule has 0 aliphatic carbocycles. The van der Waals surface area contributed by atoms with E-state index >= 15 is 0 Å². The van der Waals surface area contributed by atoms with Crippen LogP contribution in [-0.2, 0) is 4.74 Å². The normalized spacial score (nSPS) is 35.8. The Balaban J connectivity index is 2.42. The fraction of sp³-hybridized carbons (Fsp3) is 0.714. The molecular weight excluding hydrogens is 128 g/mol. The van der Waals surface area contributed by atoms with Gasteiger partial charge in [-0.3, -0.25) is 5.84 Å². The Morgan fingerprint density at radius 3 is 2.90 bits per heavy atom. The van der Waals surface area contributed by atoms with Gasteiger partial charge in [0.25, 0.3) is 0 Å². The van der Waals surface area contributed by atoms with E-state index in [0.717, 1.165) is 13.1 Å². The van der Waals surface area contributed by atoms with Gasteiger partial charge in [-0.25, -0.2) is 5.01 Å². The summed E-state index contributed by atoms with van der Waals surface area (Å²) < 4.78 is 5.47. The van der Waals surface area contributed by atoms with Crippen LogP contribution in [0.3, 0.4) is 0 Å². The van der Waals surface area contributed by atoms with E-state index in [2.05, 4.69) is 6.58 Å². The number of nitrogens with two attached hydrogens (primary N) is 1. The molecule has 0 saturated carbocycles. The molecule has 0 aromatic heterocycles. The second kappa shape index (κ2) is 3.14. The van der Waals surface area contributed by atoms with Gasteiger partial charge in [0, 0.05) is 13.1 Å². The molecule has 2 atom stereocenters. The van der Waals surface area contributed by atoms with Crippen LogP contribution >= 0.6 is 0 Å². The molecule has 1 aliphatic heterocycles. The van der Waals surface area contributed by atoms with Crippen LogP contribution in [0.2, 0.25) is 0 Å². The number of hydrazine groups is 1. The van der Waals surface area contributed by atoms with Gasteiger partial charge in [-0.2, -0.15) is 0 Å². The Hall–Kier alpha value is -0.380. The predicted molar refractivity (Wildman–Crippen MR) is 40.3 cm³/mol. The maximum absolute atomic E-state index is 5.60. The maximum Gasteiger partial charge on any atom is 0.0898 e. The number of morpholine rings is 1. The summed E-state index contributed by atoms with van der Waals surface area (Å²) >= 11 is 0. The third-order valence-corrected chi connectivity index (χ3v) is 1.58. The first kappa shape index (κ1) is 7.72. The van der Waals surface area contributed by atoms with Gasteiger partial charge in [0.1, 0.15) is 0 Å². The first-order valence-electron chi connectivity index (χ1n) is 3.50. The summed E-state index contributed by atoms with van der Waals surface area (Å²) in [6, 6.07) is 0. The summed E-state index contributed by atoms with van der Waals surface area (Å²) in [6.07, 6.45) is 2.12. The molecule has 3 nitrogen and oxygen atoms in total. The molecule has 0 amide bonds. The van der Waals surface area contributed by atoms with E-state index in [1.54, 1.807) is 11.1 Å². The minimum absolute atomic E-state index is 0.105. The van der Waals surface area contributed by atoms with Crippen molar-refractivity contribution in [1.29, 1.82) is 0 Å². The van der Waals surface area contributed by atoms with Crippen LogP contribution in [0.1, 0.15) is 6.92 Å². The van der Waals surface area contributed by atoms with Gasteiger partial charge in [0.2, 0.25) is 0 Å². The molecular formula is C7H14N2O. The number of hydrogen-bond acceptors (Lipinski definition) is 3. The first-order valence-corrected chi connectivity index (χ1v) is 3.50. The zero-order valence-electron chi connectivity index (χ0n) is 6.29. The van der Waals surface area contributed by atoms with E-state index < -0.39 is 0 Å². The van der Waals surface area contributed by atoms with Crippen LogP contribution < -0.4 is 5.84 Å². The highest BCUT2D eigenvalue weighted by Gasteiger charge is 2.20. The molecule has 0 unspecified atom stereocenters. The molecule has 2 N–H and O–H groups in total. The van der Waals surface area contributed by atoms with Gasteiger partial charge in [0.05, 0.1) is 12.2 Å². The zero-order valence-corrected chi connectivity index (χ0v) is 6.29.